The first-order valence-electron chi connectivity index (χ1n) is 7.55. The molecule has 2 rings (SSSR count). The molecule has 1 aliphatic rings. The zero-order valence-electron chi connectivity index (χ0n) is 12.9. The second kappa shape index (κ2) is 5.64. The van der Waals surface area contributed by atoms with Crippen LogP contribution in [0.4, 0.5) is 0 Å². The van der Waals surface area contributed by atoms with Gasteiger partial charge in [0.2, 0.25) is 0 Å². The standard InChI is InChI=1S/C17H28N2/c1-5-17(6-2)14-19(16(3,4)13-18-17)12-15-10-8-7-9-11-15/h7-11,18H,5-6,12-14H2,1-4H3. The molecule has 1 aromatic rings. The lowest BCUT2D eigenvalue weighted by Crippen LogP contribution is -2.67. The van der Waals surface area contributed by atoms with Crippen LogP contribution in [0.1, 0.15) is 46.1 Å². The van der Waals surface area contributed by atoms with Crippen LogP contribution in [0.15, 0.2) is 30.3 Å². The molecule has 1 saturated heterocycles. The van der Waals surface area contributed by atoms with Crippen LogP contribution in [0.2, 0.25) is 0 Å². The van der Waals surface area contributed by atoms with Crippen molar-refractivity contribution in [2.24, 2.45) is 0 Å². The molecule has 0 spiro atoms. The molecule has 0 unspecified atom stereocenters. The van der Waals surface area contributed by atoms with Gasteiger partial charge in [0.25, 0.3) is 0 Å². The normalized spacial score (nSPS) is 22.3. The van der Waals surface area contributed by atoms with Gasteiger partial charge in [0.05, 0.1) is 0 Å². The highest BCUT2D eigenvalue weighted by Crippen LogP contribution is 2.29. The fraction of sp³-hybridized carbons (Fsp3) is 0.647. The maximum Gasteiger partial charge on any atom is 0.0304 e. The molecule has 0 bridgehead atoms. The van der Waals surface area contributed by atoms with Gasteiger partial charge in [-0.3, -0.25) is 4.90 Å². The van der Waals surface area contributed by atoms with Crippen LogP contribution >= 0.6 is 0 Å². The SMILES string of the molecule is CCC1(CC)CN(Cc2ccccc2)C(C)(C)CN1. The highest BCUT2D eigenvalue weighted by molar-refractivity contribution is 5.16. The summed E-state index contributed by atoms with van der Waals surface area (Å²) in [5.41, 5.74) is 1.94. The van der Waals surface area contributed by atoms with Gasteiger partial charge in [-0.05, 0) is 32.3 Å². The van der Waals surface area contributed by atoms with Crippen molar-refractivity contribution in [3.63, 3.8) is 0 Å². The van der Waals surface area contributed by atoms with E-state index in [1.54, 1.807) is 0 Å². The second-order valence-electron chi connectivity index (χ2n) is 6.50. The topological polar surface area (TPSA) is 15.3 Å². The summed E-state index contributed by atoms with van der Waals surface area (Å²) in [7, 11) is 0. The van der Waals surface area contributed by atoms with E-state index in [-0.39, 0.29) is 5.54 Å². The number of nitrogens with zero attached hydrogens (tertiary/aromatic N) is 1. The molecule has 1 heterocycles. The van der Waals surface area contributed by atoms with Crippen LogP contribution in [0, 0.1) is 0 Å². The first-order chi connectivity index (χ1) is 9.01. The van der Waals surface area contributed by atoms with Crippen molar-refractivity contribution >= 4 is 0 Å². The van der Waals surface area contributed by atoms with Crippen molar-refractivity contribution < 1.29 is 0 Å². The van der Waals surface area contributed by atoms with Crippen LogP contribution < -0.4 is 5.32 Å². The Hall–Kier alpha value is -0.860. The van der Waals surface area contributed by atoms with Crippen molar-refractivity contribution in [2.75, 3.05) is 13.1 Å². The average molecular weight is 260 g/mol. The molecule has 0 amide bonds. The number of nitrogens with one attached hydrogen (secondary N) is 1. The molecule has 1 fully saturated rings. The fourth-order valence-electron chi connectivity index (χ4n) is 2.95. The third kappa shape index (κ3) is 3.18. The Morgan fingerprint density at radius 3 is 2.32 bits per heavy atom. The van der Waals surface area contributed by atoms with E-state index in [2.05, 4.69) is 68.2 Å². The monoisotopic (exact) mass is 260 g/mol. The lowest BCUT2D eigenvalue weighted by molar-refractivity contribution is 0.0162. The number of benzene rings is 1. The minimum absolute atomic E-state index is 0.226. The van der Waals surface area contributed by atoms with E-state index in [4.69, 9.17) is 0 Å². The van der Waals surface area contributed by atoms with Crippen LogP contribution in [-0.4, -0.2) is 29.1 Å². The van der Waals surface area contributed by atoms with E-state index in [0.717, 1.165) is 19.6 Å². The van der Waals surface area contributed by atoms with E-state index in [9.17, 15) is 0 Å². The lowest BCUT2D eigenvalue weighted by atomic mass is 9.84. The Morgan fingerprint density at radius 2 is 1.74 bits per heavy atom. The van der Waals surface area contributed by atoms with Crippen molar-refractivity contribution in [2.45, 2.75) is 58.2 Å². The van der Waals surface area contributed by atoms with Crippen molar-refractivity contribution in [3.8, 4) is 0 Å². The predicted molar refractivity (Wildman–Crippen MR) is 82.2 cm³/mol. The van der Waals surface area contributed by atoms with E-state index >= 15 is 0 Å². The van der Waals surface area contributed by atoms with Crippen LogP contribution in [0.3, 0.4) is 0 Å². The summed E-state index contributed by atoms with van der Waals surface area (Å²) in [5, 5.41) is 3.80. The summed E-state index contributed by atoms with van der Waals surface area (Å²) in [6, 6.07) is 10.8. The van der Waals surface area contributed by atoms with Crippen LogP contribution in [-0.2, 0) is 6.54 Å². The summed E-state index contributed by atoms with van der Waals surface area (Å²) in [6.07, 6.45) is 2.40. The molecular formula is C17H28N2. The average Bonchev–Trinajstić information content (AvgIpc) is 2.43. The predicted octanol–water partition coefficient (Wildman–Crippen LogP) is 3.43. The molecule has 0 radical (unpaired) electrons. The fourth-order valence-corrected chi connectivity index (χ4v) is 2.95. The minimum atomic E-state index is 0.226. The number of hydrogen-bond acceptors (Lipinski definition) is 2. The third-order valence-corrected chi connectivity index (χ3v) is 4.82. The van der Waals surface area contributed by atoms with E-state index in [1.165, 1.54) is 18.4 Å². The van der Waals surface area contributed by atoms with Crippen molar-refractivity contribution in [3.05, 3.63) is 35.9 Å². The number of rotatable bonds is 4. The lowest BCUT2D eigenvalue weighted by Gasteiger charge is -2.52. The Labute approximate surface area is 118 Å². The van der Waals surface area contributed by atoms with Crippen molar-refractivity contribution in [1.29, 1.82) is 0 Å². The van der Waals surface area contributed by atoms with Crippen LogP contribution in [0.25, 0.3) is 0 Å². The summed E-state index contributed by atoms with van der Waals surface area (Å²) >= 11 is 0. The molecule has 1 N–H and O–H groups in total. The smallest absolute Gasteiger partial charge is 0.0304 e. The Bertz CT molecular complexity index is 393. The zero-order chi connectivity index (χ0) is 13.9. The zero-order valence-corrected chi connectivity index (χ0v) is 12.9. The van der Waals surface area contributed by atoms with Gasteiger partial charge in [0.15, 0.2) is 0 Å². The summed E-state index contributed by atoms with van der Waals surface area (Å²) < 4.78 is 0. The molecular weight excluding hydrogens is 232 g/mol. The molecule has 2 heteroatoms. The molecule has 1 aliphatic heterocycles. The van der Waals surface area contributed by atoms with Gasteiger partial charge >= 0.3 is 0 Å². The Kier molecular flexibility index (Phi) is 4.32. The molecule has 2 nitrogen and oxygen atoms in total. The van der Waals surface area contributed by atoms with E-state index in [0.29, 0.717) is 5.54 Å². The Balaban J connectivity index is 2.15. The van der Waals surface area contributed by atoms with Gasteiger partial charge in [0.1, 0.15) is 0 Å². The highest BCUT2D eigenvalue weighted by atomic mass is 15.3. The second-order valence-corrected chi connectivity index (χ2v) is 6.50. The Morgan fingerprint density at radius 1 is 1.11 bits per heavy atom. The van der Waals surface area contributed by atoms with Gasteiger partial charge in [-0.25, -0.2) is 0 Å². The summed E-state index contributed by atoms with van der Waals surface area (Å²) in [5.74, 6) is 0. The summed E-state index contributed by atoms with van der Waals surface area (Å²) in [6.45, 7) is 12.6. The third-order valence-electron chi connectivity index (χ3n) is 4.82. The molecule has 1 aromatic carbocycles. The van der Waals surface area contributed by atoms with Gasteiger partial charge < -0.3 is 5.32 Å². The first kappa shape index (κ1) is 14.5. The molecule has 0 aliphatic carbocycles. The molecule has 0 saturated carbocycles. The minimum Gasteiger partial charge on any atom is -0.308 e. The van der Waals surface area contributed by atoms with Gasteiger partial charge in [-0.2, -0.15) is 0 Å². The maximum atomic E-state index is 3.80. The van der Waals surface area contributed by atoms with Crippen molar-refractivity contribution in [1.82, 2.24) is 10.2 Å². The first-order valence-corrected chi connectivity index (χ1v) is 7.55. The molecule has 106 valence electrons. The van der Waals surface area contributed by atoms with Crippen LogP contribution in [0.5, 0.6) is 0 Å². The van der Waals surface area contributed by atoms with E-state index in [1.807, 2.05) is 0 Å². The number of piperazine rings is 1. The molecule has 19 heavy (non-hydrogen) atoms. The van der Waals surface area contributed by atoms with Gasteiger partial charge in [-0.1, -0.05) is 44.2 Å². The largest absolute Gasteiger partial charge is 0.308 e. The van der Waals surface area contributed by atoms with Gasteiger partial charge in [-0.15, -0.1) is 0 Å². The molecule has 0 atom stereocenters. The highest BCUT2D eigenvalue weighted by Gasteiger charge is 2.40. The number of hydrogen-bond donors (Lipinski definition) is 1. The van der Waals surface area contributed by atoms with Gasteiger partial charge in [0, 0.05) is 30.7 Å². The quantitative estimate of drug-likeness (QED) is 0.892. The maximum absolute atomic E-state index is 3.80. The summed E-state index contributed by atoms with van der Waals surface area (Å²) in [4.78, 5) is 2.64. The van der Waals surface area contributed by atoms with E-state index < -0.39 is 0 Å². The molecule has 0 aromatic heterocycles.